The molecule has 0 saturated carbocycles. The second-order valence-corrected chi connectivity index (χ2v) is 4.59. The summed E-state index contributed by atoms with van der Waals surface area (Å²) in [5.74, 6) is -0.523. The van der Waals surface area contributed by atoms with Gasteiger partial charge in [0.15, 0.2) is 0 Å². The fourth-order valence-corrected chi connectivity index (χ4v) is 2.38. The van der Waals surface area contributed by atoms with Crippen LogP contribution in [-0.2, 0) is 9.16 Å². The third-order valence-corrected chi connectivity index (χ3v) is 3.41. The standard InChI is InChI=1S/C13H13IN2O3/c1-2-19-13(18)10-7-12(17)16(15-10)11-6-4-3-5-9(11)8-14/h3-7,15H,2,8H2,1H3. The number of aromatic amines is 1. The van der Waals surface area contributed by atoms with E-state index in [0.717, 1.165) is 15.7 Å². The van der Waals surface area contributed by atoms with Gasteiger partial charge in [-0.3, -0.25) is 9.89 Å². The molecule has 0 aliphatic carbocycles. The number of hydrogen-bond acceptors (Lipinski definition) is 3. The van der Waals surface area contributed by atoms with Crippen LogP contribution in [0, 0.1) is 0 Å². The van der Waals surface area contributed by atoms with Gasteiger partial charge >= 0.3 is 5.97 Å². The molecule has 19 heavy (non-hydrogen) atoms. The first-order valence-corrected chi connectivity index (χ1v) is 7.33. The molecule has 2 rings (SSSR count). The second-order valence-electron chi connectivity index (χ2n) is 3.83. The van der Waals surface area contributed by atoms with Gasteiger partial charge in [-0.1, -0.05) is 40.8 Å². The number of nitrogens with one attached hydrogen (secondary N) is 1. The van der Waals surface area contributed by atoms with Gasteiger partial charge in [0.05, 0.1) is 12.3 Å². The van der Waals surface area contributed by atoms with E-state index in [2.05, 4.69) is 27.7 Å². The Labute approximate surface area is 123 Å². The molecular formula is C13H13IN2O3. The molecular weight excluding hydrogens is 359 g/mol. The number of para-hydroxylation sites is 1. The largest absolute Gasteiger partial charge is 0.461 e. The van der Waals surface area contributed by atoms with E-state index in [-0.39, 0.29) is 17.9 Å². The lowest BCUT2D eigenvalue weighted by Crippen LogP contribution is -2.15. The van der Waals surface area contributed by atoms with Gasteiger partial charge in [-0.05, 0) is 18.6 Å². The molecule has 0 amide bonds. The molecule has 0 fully saturated rings. The van der Waals surface area contributed by atoms with E-state index in [0.29, 0.717) is 0 Å². The summed E-state index contributed by atoms with van der Waals surface area (Å²) in [5, 5.41) is 2.78. The lowest BCUT2D eigenvalue weighted by atomic mass is 10.2. The summed E-state index contributed by atoms with van der Waals surface area (Å²) in [5.41, 5.74) is 1.65. The predicted octanol–water partition coefficient (Wildman–Crippen LogP) is 2.28. The van der Waals surface area contributed by atoms with Gasteiger partial charge in [0, 0.05) is 10.5 Å². The number of halogens is 1. The molecule has 1 aromatic carbocycles. The predicted molar refractivity (Wildman–Crippen MR) is 80.1 cm³/mol. The Morgan fingerprint density at radius 3 is 2.84 bits per heavy atom. The summed E-state index contributed by atoms with van der Waals surface area (Å²) in [6.45, 7) is 1.99. The molecule has 1 aromatic heterocycles. The Morgan fingerprint density at radius 2 is 2.16 bits per heavy atom. The van der Waals surface area contributed by atoms with Crippen LogP contribution < -0.4 is 5.56 Å². The van der Waals surface area contributed by atoms with Gasteiger partial charge in [0.25, 0.3) is 5.56 Å². The minimum absolute atomic E-state index is 0.162. The Morgan fingerprint density at radius 1 is 1.42 bits per heavy atom. The maximum Gasteiger partial charge on any atom is 0.356 e. The monoisotopic (exact) mass is 372 g/mol. The number of ether oxygens (including phenoxy) is 1. The molecule has 5 nitrogen and oxygen atoms in total. The van der Waals surface area contributed by atoms with Crippen LogP contribution in [0.1, 0.15) is 23.0 Å². The number of nitrogens with zero attached hydrogens (tertiary/aromatic N) is 1. The first-order valence-electron chi connectivity index (χ1n) is 5.80. The molecule has 0 unspecified atom stereocenters. The summed E-state index contributed by atoms with van der Waals surface area (Å²) < 4.78 is 7.00. The maximum atomic E-state index is 11.9. The van der Waals surface area contributed by atoms with Gasteiger partial charge in [-0.2, -0.15) is 0 Å². The van der Waals surface area contributed by atoms with Crippen LogP contribution in [0.5, 0.6) is 0 Å². The van der Waals surface area contributed by atoms with Crippen molar-refractivity contribution in [2.24, 2.45) is 0 Å². The first kappa shape index (κ1) is 13.9. The van der Waals surface area contributed by atoms with Crippen molar-refractivity contribution in [3.05, 3.63) is 51.9 Å². The van der Waals surface area contributed by atoms with Crippen molar-refractivity contribution >= 4 is 28.6 Å². The zero-order valence-electron chi connectivity index (χ0n) is 10.4. The molecule has 0 saturated heterocycles. The number of aromatic nitrogens is 2. The topological polar surface area (TPSA) is 64.1 Å². The molecule has 1 heterocycles. The summed E-state index contributed by atoms with van der Waals surface area (Å²) in [7, 11) is 0. The van der Waals surface area contributed by atoms with Crippen LogP contribution in [0.2, 0.25) is 0 Å². The number of H-pyrrole nitrogens is 1. The minimum Gasteiger partial charge on any atom is -0.461 e. The van der Waals surface area contributed by atoms with Gasteiger partial charge in [0.1, 0.15) is 5.69 Å². The number of rotatable bonds is 4. The van der Waals surface area contributed by atoms with Gasteiger partial charge in [0.2, 0.25) is 0 Å². The molecule has 1 N–H and O–H groups in total. The smallest absolute Gasteiger partial charge is 0.356 e. The molecule has 0 radical (unpaired) electrons. The van der Waals surface area contributed by atoms with Crippen LogP contribution in [-0.4, -0.2) is 22.4 Å². The number of esters is 1. The van der Waals surface area contributed by atoms with E-state index in [1.807, 2.05) is 24.3 Å². The molecule has 0 atom stereocenters. The van der Waals surface area contributed by atoms with Crippen LogP contribution in [0.3, 0.4) is 0 Å². The summed E-state index contributed by atoms with van der Waals surface area (Å²) >= 11 is 2.23. The number of benzene rings is 1. The third kappa shape index (κ3) is 2.89. The fraction of sp³-hybridized carbons (Fsp3) is 0.231. The lowest BCUT2D eigenvalue weighted by molar-refractivity contribution is 0.0519. The van der Waals surface area contributed by atoms with Crippen molar-refractivity contribution < 1.29 is 9.53 Å². The molecule has 0 bridgehead atoms. The van der Waals surface area contributed by atoms with Crippen molar-refractivity contribution in [2.75, 3.05) is 6.61 Å². The number of alkyl halides is 1. The van der Waals surface area contributed by atoms with Crippen molar-refractivity contribution in [1.82, 2.24) is 9.78 Å². The van der Waals surface area contributed by atoms with E-state index >= 15 is 0 Å². The van der Waals surface area contributed by atoms with Crippen molar-refractivity contribution in [3.63, 3.8) is 0 Å². The summed E-state index contributed by atoms with van der Waals surface area (Å²) in [6, 6.07) is 8.79. The van der Waals surface area contributed by atoms with Crippen molar-refractivity contribution in [2.45, 2.75) is 11.4 Å². The van der Waals surface area contributed by atoms with Crippen molar-refractivity contribution in [1.29, 1.82) is 0 Å². The fourth-order valence-electron chi connectivity index (χ4n) is 1.73. The Hall–Kier alpha value is -1.57. The average Bonchev–Trinajstić information content (AvgIpc) is 2.81. The summed E-state index contributed by atoms with van der Waals surface area (Å²) in [4.78, 5) is 23.5. The molecule has 0 aliphatic heterocycles. The van der Waals surface area contributed by atoms with E-state index in [1.54, 1.807) is 6.92 Å². The highest BCUT2D eigenvalue weighted by Crippen LogP contribution is 2.15. The zero-order chi connectivity index (χ0) is 13.8. The van der Waals surface area contributed by atoms with E-state index < -0.39 is 5.97 Å². The Balaban J connectivity index is 2.46. The van der Waals surface area contributed by atoms with Crippen LogP contribution in [0.25, 0.3) is 5.69 Å². The molecule has 6 heteroatoms. The zero-order valence-corrected chi connectivity index (χ0v) is 12.5. The number of hydrogen-bond donors (Lipinski definition) is 1. The highest BCUT2D eigenvalue weighted by Gasteiger charge is 2.14. The van der Waals surface area contributed by atoms with E-state index in [1.165, 1.54) is 10.7 Å². The third-order valence-electron chi connectivity index (χ3n) is 2.59. The molecule has 0 spiro atoms. The average molecular weight is 372 g/mol. The normalized spacial score (nSPS) is 10.4. The highest BCUT2D eigenvalue weighted by molar-refractivity contribution is 14.1. The molecule has 100 valence electrons. The van der Waals surface area contributed by atoms with Gasteiger partial charge < -0.3 is 4.74 Å². The van der Waals surface area contributed by atoms with Gasteiger partial charge in [-0.25, -0.2) is 9.48 Å². The Bertz CT molecular complexity index is 645. The summed E-state index contributed by atoms with van der Waals surface area (Å²) in [6.07, 6.45) is 0. The van der Waals surface area contributed by atoms with E-state index in [9.17, 15) is 9.59 Å². The van der Waals surface area contributed by atoms with Crippen LogP contribution in [0.15, 0.2) is 35.1 Å². The Kier molecular flexibility index (Phi) is 4.41. The minimum atomic E-state index is -0.523. The second kappa shape index (κ2) is 6.05. The lowest BCUT2D eigenvalue weighted by Gasteiger charge is -2.07. The number of carbonyl (C=O) groups is 1. The molecule has 2 aromatic rings. The number of carbonyl (C=O) groups excluding carboxylic acids is 1. The van der Waals surface area contributed by atoms with E-state index in [4.69, 9.17) is 4.74 Å². The molecule has 0 aliphatic rings. The van der Waals surface area contributed by atoms with Crippen LogP contribution >= 0.6 is 22.6 Å². The highest BCUT2D eigenvalue weighted by atomic mass is 127. The first-order chi connectivity index (χ1) is 9.17. The van der Waals surface area contributed by atoms with Gasteiger partial charge in [-0.15, -0.1) is 0 Å². The quantitative estimate of drug-likeness (QED) is 0.509. The van der Waals surface area contributed by atoms with Crippen LogP contribution in [0.4, 0.5) is 0 Å². The SMILES string of the molecule is CCOC(=O)c1cc(=O)n(-c2ccccc2CI)[nH]1. The maximum absolute atomic E-state index is 11.9. The van der Waals surface area contributed by atoms with Crippen molar-refractivity contribution in [3.8, 4) is 5.69 Å².